The highest BCUT2D eigenvalue weighted by Gasteiger charge is 2.11. The molecule has 0 aliphatic heterocycles. The lowest BCUT2D eigenvalue weighted by molar-refractivity contribution is 0.0526. The molecule has 0 radical (unpaired) electrons. The van der Waals surface area contributed by atoms with E-state index in [-0.39, 0.29) is 5.97 Å². The summed E-state index contributed by atoms with van der Waals surface area (Å²) in [5.41, 5.74) is 2.14. The van der Waals surface area contributed by atoms with E-state index in [0.717, 1.165) is 16.7 Å². The van der Waals surface area contributed by atoms with E-state index in [1.165, 1.54) is 6.20 Å². The van der Waals surface area contributed by atoms with E-state index in [9.17, 15) is 4.79 Å². The quantitative estimate of drug-likeness (QED) is 0.682. The van der Waals surface area contributed by atoms with Crippen molar-refractivity contribution in [2.75, 3.05) is 6.61 Å². The molecule has 0 atom stereocenters. The Morgan fingerprint density at radius 3 is 3.05 bits per heavy atom. The van der Waals surface area contributed by atoms with Crippen molar-refractivity contribution in [1.82, 2.24) is 19.3 Å². The van der Waals surface area contributed by atoms with Gasteiger partial charge in [-0.3, -0.25) is 0 Å². The van der Waals surface area contributed by atoms with Gasteiger partial charge < -0.3 is 9.30 Å². The maximum absolute atomic E-state index is 11.6. The molecule has 0 fully saturated rings. The first-order valence-corrected chi connectivity index (χ1v) is 6.32. The monoisotopic (exact) mass is 270 g/mol. The summed E-state index contributed by atoms with van der Waals surface area (Å²) in [6, 6.07) is 3.96. The largest absolute Gasteiger partial charge is 0.462 e. The van der Waals surface area contributed by atoms with Crippen LogP contribution in [0.1, 0.15) is 17.3 Å². The molecule has 3 aromatic rings. The zero-order chi connectivity index (χ0) is 14.1. The van der Waals surface area contributed by atoms with Crippen molar-refractivity contribution in [2.45, 2.75) is 6.92 Å². The van der Waals surface area contributed by atoms with Gasteiger partial charge in [-0.25, -0.2) is 14.5 Å². The molecule has 0 N–H and O–H groups in total. The van der Waals surface area contributed by atoms with Crippen LogP contribution in [0.25, 0.3) is 16.7 Å². The Morgan fingerprint density at radius 2 is 2.25 bits per heavy atom. The summed E-state index contributed by atoms with van der Waals surface area (Å²) >= 11 is 0. The first-order valence-electron chi connectivity index (χ1n) is 6.32. The van der Waals surface area contributed by atoms with E-state index in [4.69, 9.17) is 4.74 Å². The minimum Gasteiger partial charge on any atom is -0.462 e. The Hall–Kier alpha value is -2.63. The second-order valence-electron chi connectivity index (χ2n) is 4.43. The van der Waals surface area contributed by atoms with E-state index in [1.54, 1.807) is 24.0 Å². The van der Waals surface area contributed by atoms with Gasteiger partial charge in [0.15, 0.2) is 0 Å². The molecule has 0 aliphatic carbocycles. The summed E-state index contributed by atoms with van der Waals surface area (Å²) in [5, 5.41) is 5.20. The third kappa shape index (κ3) is 2.05. The standard InChI is InChI=1S/C14H14N4O2/c1-3-20-14(19)11-7-16-18(9-11)12-6-10-4-5-17(2)13(10)15-8-12/h4-9H,3H2,1-2H3. The smallest absolute Gasteiger partial charge is 0.341 e. The van der Waals surface area contributed by atoms with Gasteiger partial charge in [0, 0.05) is 24.8 Å². The number of pyridine rings is 1. The Balaban J connectivity index is 1.96. The fraction of sp³-hybridized carbons (Fsp3) is 0.214. The minimum atomic E-state index is -0.368. The summed E-state index contributed by atoms with van der Waals surface area (Å²) in [5.74, 6) is -0.368. The van der Waals surface area contributed by atoms with E-state index in [1.807, 2.05) is 29.9 Å². The van der Waals surface area contributed by atoms with Gasteiger partial charge in [-0.2, -0.15) is 5.10 Å². The number of aromatic nitrogens is 4. The SMILES string of the molecule is CCOC(=O)c1cnn(-c2cnc3c(ccn3C)c2)c1. The molecule has 102 valence electrons. The van der Waals surface area contributed by atoms with Crippen LogP contribution in [-0.4, -0.2) is 31.9 Å². The van der Waals surface area contributed by atoms with Crippen LogP contribution >= 0.6 is 0 Å². The predicted molar refractivity (Wildman–Crippen MR) is 73.8 cm³/mol. The van der Waals surface area contributed by atoms with Gasteiger partial charge >= 0.3 is 5.97 Å². The second kappa shape index (κ2) is 4.80. The lowest BCUT2D eigenvalue weighted by Gasteiger charge is -2.01. The summed E-state index contributed by atoms with van der Waals surface area (Å²) in [7, 11) is 1.95. The van der Waals surface area contributed by atoms with Gasteiger partial charge in [0.1, 0.15) is 5.65 Å². The molecule has 20 heavy (non-hydrogen) atoms. The first-order chi connectivity index (χ1) is 9.69. The number of carbonyl (C=O) groups excluding carboxylic acids is 1. The molecule has 6 nitrogen and oxygen atoms in total. The molecule has 6 heteroatoms. The molecule has 3 aromatic heterocycles. The Labute approximate surface area is 115 Å². The van der Waals surface area contributed by atoms with Crippen molar-refractivity contribution in [3.63, 3.8) is 0 Å². The average molecular weight is 270 g/mol. The van der Waals surface area contributed by atoms with Crippen molar-refractivity contribution < 1.29 is 9.53 Å². The van der Waals surface area contributed by atoms with Crippen LogP contribution < -0.4 is 0 Å². The van der Waals surface area contributed by atoms with E-state index < -0.39 is 0 Å². The van der Waals surface area contributed by atoms with Crippen molar-refractivity contribution in [3.05, 3.63) is 42.5 Å². The van der Waals surface area contributed by atoms with Crippen LogP contribution in [0, 0.1) is 0 Å². The predicted octanol–water partition coefficient (Wildman–Crippen LogP) is 1.94. The average Bonchev–Trinajstić information content (AvgIpc) is 3.06. The molecule has 0 bridgehead atoms. The van der Waals surface area contributed by atoms with Gasteiger partial charge in [0.25, 0.3) is 0 Å². The fourth-order valence-electron chi connectivity index (χ4n) is 2.05. The number of ether oxygens (including phenoxy) is 1. The fourth-order valence-corrected chi connectivity index (χ4v) is 2.05. The van der Waals surface area contributed by atoms with Crippen LogP contribution in [-0.2, 0) is 11.8 Å². The Morgan fingerprint density at radius 1 is 1.40 bits per heavy atom. The highest BCUT2D eigenvalue weighted by atomic mass is 16.5. The molecule has 0 unspecified atom stereocenters. The van der Waals surface area contributed by atoms with E-state index >= 15 is 0 Å². The molecule has 0 spiro atoms. The van der Waals surface area contributed by atoms with Gasteiger partial charge in [-0.05, 0) is 19.1 Å². The lowest BCUT2D eigenvalue weighted by atomic mass is 10.3. The zero-order valence-electron chi connectivity index (χ0n) is 11.3. The molecular formula is C14H14N4O2. The number of rotatable bonds is 3. The van der Waals surface area contributed by atoms with E-state index in [0.29, 0.717) is 12.2 Å². The molecule has 0 saturated carbocycles. The van der Waals surface area contributed by atoms with Crippen LogP contribution in [0.5, 0.6) is 0 Å². The third-order valence-electron chi connectivity index (χ3n) is 3.05. The van der Waals surface area contributed by atoms with Gasteiger partial charge in [0.05, 0.1) is 30.3 Å². The first kappa shape index (κ1) is 12.4. The van der Waals surface area contributed by atoms with Crippen molar-refractivity contribution in [1.29, 1.82) is 0 Å². The van der Waals surface area contributed by atoms with Crippen molar-refractivity contribution in [3.8, 4) is 5.69 Å². The number of esters is 1. The maximum atomic E-state index is 11.6. The Bertz CT molecular complexity index is 772. The molecule has 0 aromatic carbocycles. The molecule has 3 rings (SSSR count). The maximum Gasteiger partial charge on any atom is 0.341 e. The van der Waals surface area contributed by atoms with Gasteiger partial charge in [0.2, 0.25) is 0 Å². The number of nitrogens with zero attached hydrogens (tertiary/aromatic N) is 4. The van der Waals surface area contributed by atoms with Crippen LogP contribution in [0.15, 0.2) is 36.9 Å². The van der Waals surface area contributed by atoms with Crippen LogP contribution in [0.3, 0.4) is 0 Å². The van der Waals surface area contributed by atoms with Gasteiger partial charge in [-0.15, -0.1) is 0 Å². The third-order valence-corrected chi connectivity index (χ3v) is 3.05. The number of hydrogen-bond acceptors (Lipinski definition) is 4. The van der Waals surface area contributed by atoms with Crippen molar-refractivity contribution >= 4 is 17.0 Å². The molecule has 0 amide bonds. The summed E-state index contributed by atoms with van der Waals surface area (Å²) in [6.45, 7) is 2.12. The number of aryl methyl sites for hydroxylation is 1. The lowest BCUT2D eigenvalue weighted by Crippen LogP contribution is -2.03. The summed E-state index contributed by atoms with van der Waals surface area (Å²) in [6.07, 6.45) is 6.82. The molecule has 0 saturated heterocycles. The van der Waals surface area contributed by atoms with Gasteiger partial charge in [-0.1, -0.05) is 0 Å². The highest BCUT2D eigenvalue weighted by molar-refractivity contribution is 5.89. The summed E-state index contributed by atoms with van der Waals surface area (Å²) in [4.78, 5) is 16.0. The van der Waals surface area contributed by atoms with Crippen molar-refractivity contribution in [2.24, 2.45) is 7.05 Å². The molecule has 3 heterocycles. The van der Waals surface area contributed by atoms with Crippen LogP contribution in [0.4, 0.5) is 0 Å². The number of hydrogen-bond donors (Lipinski definition) is 0. The zero-order valence-corrected chi connectivity index (χ0v) is 11.3. The number of fused-ring (bicyclic) bond motifs is 1. The Kier molecular flexibility index (Phi) is 2.98. The summed E-state index contributed by atoms with van der Waals surface area (Å²) < 4.78 is 8.51. The van der Waals surface area contributed by atoms with Crippen LogP contribution in [0.2, 0.25) is 0 Å². The highest BCUT2D eigenvalue weighted by Crippen LogP contribution is 2.16. The second-order valence-corrected chi connectivity index (χ2v) is 4.43. The van der Waals surface area contributed by atoms with E-state index in [2.05, 4.69) is 10.1 Å². The molecular weight excluding hydrogens is 256 g/mol. The minimum absolute atomic E-state index is 0.349. The topological polar surface area (TPSA) is 61.9 Å². The normalized spacial score (nSPS) is 10.9. The molecule has 0 aliphatic rings. The number of carbonyl (C=O) groups is 1.